The zero-order valence-corrected chi connectivity index (χ0v) is 9.55. The lowest BCUT2D eigenvalue weighted by Crippen LogP contribution is -2.16. The van der Waals surface area contributed by atoms with Crippen LogP contribution in [0.4, 0.5) is 0 Å². The summed E-state index contributed by atoms with van der Waals surface area (Å²) in [4.78, 5) is 11.0. The molecule has 0 spiro atoms. The SMILES string of the molecule is CCC(C(=O)O)C1=C(C)C(C)(C)CC1. The van der Waals surface area contributed by atoms with Crippen LogP contribution in [0, 0.1) is 11.3 Å². The van der Waals surface area contributed by atoms with Crippen molar-refractivity contribution in [3.63, 3.8) is 0 Å². The molecule has 0 aromatic heterocycles. The zero-order chi connectivity index (χ0) is 10.9. The number of hydrogen-bond acceptors (Lipinski definition) is 1. The Balaban J connectivity index is 2.98. The molecule has 0 aromatic carbocycles. The Kier molecular flexibility index (Phi) is 3.03. The molecule has 0 heterocycles. The molecule has 0 fully saturated rings. The van der Waals surface area contributed by atoms with Gasteiger partial charge in [0, 0.05) is 0 Å². The first-order chi connectivity index (χ1) is 6.40. The number of allylic oxidation sites excluding steroid dienone is 1. The normalized spacial score (nSPS) is 22.6. The molecule has 0 saturated heterocycles. The Hall–Kier alpha value is -0.790. The van der Waals surface area contributed by atoms with Crippen molar-refractivity contribution in [3.8, 4) is 0 Å². The number of rotatable bonds is 3. The molecule has 80 valence electrons. The Morgan fingerprint density at radius 2 is 2.14 bits per heavy atom. The molecule has 0 aromatic rings. The van der Waals surface area contributed by atoms with Crippen LogP contribution in [0.3, 0.4) is 0 Å². The summed E-state index contributed by atoms with van der Waals surface area (Å²) >= 11 is 0. The minimum Gasteiger partial charge on any atom is -0.481 e. The van der Waals surface area contributed by atoms with Crippen LogP contribution >= 0.6 is 0 Å². The van der Waals surface area contributed by atoms with Gasteiger partial charge in [-0.25, -0.2) is 0 Å². The Bertz CT molecular complexity index is 274. The molecule has 0 amide bonds. The van der Waals surface area contributed by atoms with Crippen molar-refractivity contribution in [1.29, 1.82) is 0 Å². The van der Waals surface area contributed by atoms with E-state index in [2.05, 4.69) is 20.8 Å². The van der Waals surface area contributed by atoms with E-state index in [0.29, 0.717) is 6.42 Å². The predicted molar refractivity (Wildman–Crippen MR) is 57.1 cm³/mol. The van der Waals surface area contributed by atoms with E-state index in [1.165, 1.54) is 11.1 Å². The average molecular weight is 196 g/mol. The summed E-state index contributed by atoms with van der Waals surface area (Å²) in [6, 6.07) is 0. The topological polar surface area (TPSA) is 37.3 Å². The van der Waals surface area contributed by atoms with Crippen LogP contribution < -0.4 is 0 Å². The van der Waals surface area contributed by atoms with Gasteiger partial charge in [0.1, 0.15) is 0 Å². The summed E-state index contributed by atoms with van der Waals surface area (Å²) in [6.45, 7) is 8.44. The van der Waals surface area contributed by atoms with Gasteiger partial charge >= 0.3 is 5.97 Å². The van der Waals surface area contributed by atoms with E-state index in [1.54, 1.807) is 0 Å². The first kappa shape index (κ1) is 11.3. The Labute approximate surface area is 86.0 Å². The second-order valence-corrected chi connectivity index (χ2v) is 4.83. The van der Waals surface area contributed by atoms with E-state index in [-0.39, 0.29) is 11.3 Å². The van der Waals surface area contributed by atoms with Gasteiger partial charge in [-0.15, -0.1) is 0 Å². The molecular weight excluding hydrogens is 176 g/mol. The number of carbonyl (C=O) groups is 1. The molecule has 1 aliphatic carbocycles. The van der Waals surface area contributed by atoms with E-state index >= 15 is 0 Å². The third-order valence-electron chi connectivity index (χ3n) is 3.64. The summed E-state index contributed by atoms with van der Waals surface area (Å²) in [5, 5.41) is 9.09. The van der Waals surface area contributed by atoms with Gasteiger partial charge in [0.05, 0.1) is 5.92 Å². The molecule has 0 radical (unpaired) electrons. The minimum absolute atomic E-state index is 0.207. The fraction of sp³-hybridized carbons (Fsp3) is 0.750. The maximum absolute atomic E-state index is 11.0. The van der Waals surface area contributed by atoms with Gasteiger partial charge in [0.2, 0.25) is 0 Å². The van der Waals surface area contributed by atoms with Crippen molar-refractivity contribution in [2.45, 2.75) is 47.0 Å². The monoisotopic (exact) mass is 196 g/mol. The van der Waals surface area contributed by atoms with E-state index in [4.69, 9.17) is 5.11 Å². The van der Waals surface area contributed by atoms with E-state index in [0.717, 1.165) is 12.8 Å². The quantitative estimate of drug-likeness (QED) is 0.703. The van der Waals surface area contributed by atoms with Crippen molar-refractivity contribution in [2.24, 2.45) is 11.3 Å². The van der Waals surface area contributed by atoms with Crippen LogP contribution in [0.2, 0.25) is 0 Å². The van der Waals surface area contributed by atoms with Crippen LogP contribution in [0.5, 0.6) is 0 Å². The molecule has 0 bridgehead atoms. The summed E-state index contributed by atoms with van der Waals surface area (Å²) < 4.78 is 0. The highest BCUT2D eigenvalue weighted by Crippen LogP contribution is 2.45. The van der Waals surface area contributed by atoms with Gasteiger partial charge in [-0.3, -0.25) is 4.79 Å². The van der Waals surface area contributed by atoms with Crippen molar-refractivity contribution in [3.05, 3.63) is 11.1 Å². The largest absolute Gasteiger partial charge is 0.481 e. The van der Waals surface area contributed by atoms with Crippen molar-refractivity contribution in [1.82, 2.24) is 0 Å². The van der Waals surface area contributed by atoms with Crippen molar-refractivity contribution in [2.75, 3.05) is 0 Å². The number of carboxylic acids is 1. The third kappa shape index (κ3) is 1.84. The molecule has 0 saturated carbocycles. The summed E-state index contributed by atoms with van der Waals surface area (Å²) in [5.41, 5.74) is 2.68. The molecular formula is C12H20O2. The highest BCUT2D eigenvalue weighted by Gasteiger charge is 2.34. The van der Waals surface area contributed by atoms with Gasteiger partial charge in [-0.05, 0) is 31.6 Å². The van der Waals surface area contributed by atoms with Crippen LogP contribution in [-0.4, -0.2) is 11.1 Å². The average Bonchev–Trinajstić information content (AvgIpc) is 2.32. The summed E-state index contributed by atoms with van der Waals surface area (Å²) in [6.07, 6.45) is 2.76. The lowest BCUT2D eigenvalue weighted by Gasteiger charge is -2.20. The van der Waals surface area contributed by atoms with E-state index in [9.17, 15) is 4.79 Å². The van der Waals surface area contributed by atoms with E-state index < -0.39 is 5.97 Å². The van der Waals surface area contributed by atoms with Gasteiger partial charge in [0.25, 0.3) is 0 Å². The van der Waals surface area contributed by atoms with Crippen LogP contribution in [0.25, 0.3) is 0 Å². The minimum atomic E-state index is -0.667. The van der Waals surface area contributed by atoms with Gasteiger partial charge in [-0.2, -0.15) is 0 Å². The highest BCUT2D eigenvalue weighted by atomic mass is 16.4. The van der Waals surface area contributed by atoms with Crippen LogP contribution in [0.15, 0.2) is 11.1 Å². The number of carboxylic acid groups (broad SMARTS) is 1. The highest BCUT2D eigenvalue weighted by molar-refractivity contribution is 5.74. The lowest BCUT2D eigenvalue weighted by atomic mass is 9.85. The first-order valence-corrected chi connectivity index (χ1v) is 5.33. The second kappa shape index (κ2) is 3.76. The molecule has 1 rings (SSSR count). The van der Waals surface area contributed by atoms with Crippen LogP contribution in [-0.2, 0) is 4.79 Å². The molecule has 1 atom stereocenters. The molecule has 1 aliphatic rings. The molecule has 2 nitrogen and oxygen atoms in total. The number of aliphatic carboxylic acids is 1. The molecule has 1 N–H and O–H groups in total. The second-order valence-electron chi connectivity index (χ2n) is 4.83. The molecule has 14 heavy (non-hydrogen) atoms. The molecule has 1 unspecified atom stereocenters. The fourth-order valence-corrected chi connectivity index (χ4v) is 2.26. The summed E-state index contributed by atoms with van der Waals surface area (Å²) in [7, 11) is 0. The third-order valence-corrected chi connectivity index (χ3v) is 3.64. The smallest absolute Gasteiger partial charge is 0.310 e. The number of hydrogen-bond donors (Lipinski definition) is 1. The maximum Gasteiger partial charge on any atom is 0.310 e. The Morgan fingerprint density at radius 1 is 1.57 bits per heavy atom. The fourth-order valence-electron chi connectivity index (χ4n) is 2.26. The Morgan fingerprint density at radius 3 is 2.43 bits per heavy atom. The zero-order valence-electron chi connectivity index (χ0n) is 9.55. The van der Waals surface area contributed by atoms with E-state index in [1.807, 2.05) is 6.92 Å². The van der Waals surface area contributed by atoms with Gasteiger partial charge in [-0.1, -0.05) is 31.9 Å². The molecule has 0 aliphatic heterocycles. The standard InChI is InChI=1S/C12H20O2/c1-5-9(11(13)14)10-6-7-12(3,4)8(10)2/h9H,5-7H2,1-4H3,(H,13,14). The predicted octanol–water partition coefficient (Wildman–Crippen LogP) is 3.23. The van der Waals surface area contributed by atoms with Gasteiger partial charge < -0.3 is 5.11 Å². The van der Waals surface area contributed by atoms with Crippen LogP contribution in [0.1, 0.15) is 47.0 Å². The first-order valence-electron chi connectivity index (χ1n) is 5.33. The lowest BCUT2D eigenvalue weighted by molar-refractivity contribution is -0.140. The van der Waals surface area contributed by atoms with Gasteiger partial charge in [0.15, 0.2) is 0 Å². The summed E-state index contributed by atoms with van der Waals surface area (Å²) in [5.74, 6) is -0.920. The van der Waals surface area contributed by atoms with Crippen molar-refractivity contribution < 1.29 is 9.90 Å². The van der Waals surface area contributed by atoms with Crippen molar-refractivity contribution >= 4 is 5.97 Å². The molecule has 2 heteroatoms. The maximum atomic E-state index is 11.0.